The molecule has 2 N–H and O–H groups in total. The summed E-state index contributed by atoms with van der Waals surface area (Å²) in [5, 5.41) is 0. The highest BCUT2D eigenvalue weighted by Crippen LogP contribution is 2.13. The van der Waals surface area contributed by atoms with Crippen LogP contribution in [0.25, 0.3) is 0 Å². The average Bonchev–Trinajstić information content (AvgIpc) is 2.41. The number of amides is 1. The summed E-state index contributed by atoms with van der Waals surface area (Å²) in [5.74, 6) is 6.35. The van der Waals surface area contributed by atoms with E-state index in [9.17, 15) is 4.79 Å². The van der Waals surface area contributed by atoms with Gasteiger partial charge in [-0.15, -0.1) is 0 Å². The van der Waals surface area contributed by atoms with Crippen LogP contribution in [0.1, 0.15) is 42.3 Å². The molecule has 0 spiro atoms. The predicted molar refractivity (Wildman–Crippen MR) is 83.5 cm³/mol. The molecular formula is C17H24N2O. The lowest BCUT2D eigenvalue weighted by Crippen LogP contribution is -2.34. The van der Waals surface area contributed by atoms with Crippen molar-refractivity contribution in [2.75, 3.05) is 19.6 Å². The second-order valence-electron chi connectivity index (χ2n) is 5.33. The molecule has 0 atom stereocenters. The SMILES string of the molecule is CCN(CC(C)C)C(=O)c1cc(C)cc(C#CCN)c1. The number of benzene rings is 1. The van der Waals surface area contributed by atoms with Gasteiger partial charge in [-0.1, -0.05) is 25.7 Å². The maximum absolute atomic E-state index is 12.5. The van der Waals surface area contributed by atoms with Crippen LogP contribution >= 0.6 is 0 Å². The first-order valence-corrected chi connectivity index (χ1v) is 7.07. The molecule has 0 aromatic heterocycles. The number of nitrogens with zero attached hydrogens (tertiary/aromatic N) is 1. The monoisotopic (exact) mass is 272 g/mol. The fourth-order valence-electron chi connectivity index (χ4n) is 2.11. The Kier molecular flexibility index (Phi) is 6.27. The molecule has 0 bridgehead atoms. The summed E-state index contributed by atoms with van der Waals surface area (Å²) >= 11 is 0. The Bertz CT molecular complexity index is 524. The van der Waals surface area contributed by atoms with Gasteiger partial charge in [0, 0.05) is 24.2 Å². The second-order valence-corrected chi connectivity index (χ2v) is 5.33. The molecule has 0 heterocycles. The molecule has 0 radical (unpaired) electrons. The maximum atomic E-state index is 12.5. The third kappa shape index (κ3) is 4.71. The Morgan fingerprint density at radius 1 is 1.35 bits per heavy atom. The van der Waals surface area contributed by atoms with Gasteiger partial charge in [-0.05, 0) is 43.5 Å². The first kappa shape index (κ1) is 16.3. The quantitative estimate of drug-likeness (QED) is 0.856. The normalized spacial score (nSPS) is 10.1. The number of rotatable bonds is 4. The number of carbonyl (C=O) groups excluding carboxylic acids is 1. The van der Waals surface area contributed by atoms with Gasteiger partial charge in [0.25, 0.3) is 5.91 Å². The van der Waals surface area contributed by atoms with E-state index in [0.717, 1.165) is 24.2 Å². The number of hydrogen-bond donors (Lipinski definition) is 1. The minimum atomic E-state index is 0.0701. The lowest BCUT2D eigenvalue weighted by molar-refractivity contribution is 0.0745. The molecule has 3 heteroatoms. The highest BCUT2D eigenvalue weighted by Gasteiger charge is 2.15. The van der Waals surface area contributed by atoms with E-state index in [1.54, 1.807) is 0 Å². The summed E-state index contributed by atoms with van der Waals surface area (Å²) in [4.78, 5) is 14.4. The van der Waals surface area contributed by atoms with Crippen molar-refractivity contribution >= 4 is 5.91 Å². The van der Waals surface area contributed by atoms with E-state index >= 15 is 0 Å². The van der Waals surface area contributed by atoms with E-state index in [-0.39, 0.29) is 5.91 Å². The van der Waals surface area contributed by atoms with Crippen molar-refractivity contribution in [3.63, 3.8) is 0 Å². The zero-order valence-electron chi connectivity index (χ0n) is 12.9. The Morgan fingerprint density at radius 2 is 2.05 bits per heavy atom. The van der Waals surface area contributed by atoms with Crippen LogP contribution in [-0.2, 0) is 0 Å². The van der Waals surface area contributed by atoms with Crippen LogP contribution in [-0.4, -0.2) is 30.4 Å². The molecular weight excluding hydrogens is 248 g/mol. The highest BCUT2D eigenvalue weighted by atomic mass is 16.2. The van der Waals surface area contributed by atoms with Gasteiger partial charge < -0.3 is 10.6 Å². The van der Waals surface area contributed by atoms with Crippen LogP contribution in [0, 0.1) is 24.7 Å². The molecule has 1 aromatic rings. The Hall–Kier alpha value is -1.79. The molecule has 1 rings (SSSR count). The van der Waals surface area contributed by atoms with Crippen molar-refractivity contribution in [2.24, 2.45) is 11.7 Å². The van der Waals surface area contributed by atoms with E-state index < -0.39 is 0 Å². The van der Waals surface area contributed by atoms with E-state index in [1.807, 2.05) is 36.9 Å². The minimum absolute atomic E-state index is 0.0701. The smallest absolute Gasteiger partial charge is 0.253 e. The van der Waals surface area contributed by atoms with Crippen LogP contribution in [0.15, 0.2) is 18.2 Å². The summed E-state index contributed by atoms with van der Waals surface area (Å²) in [6.45, 7) is 10.0. The first-order valence-electron chi connectivity index (χ1n) is 7.07. The summed E-state index contributed by atoms with van der Waals surface area (Å²) in [6.07, 6.45) is 0. The van der Waals surface area contributed by atoms with Crippen LogP contribution in [0.4, 0.5) is 0 Å². The summed E-state index contributed by atoms with van der Waals surface area (Å²) in [7, 11) is 0. The molecule has 3 nitrogen and oxygen atoms in total. The molecule has 20 heavy (non-hydrogen) atoms. The fraction of sp³-hybridized carbons (Fsp3) is 0.471. The number of aryl methyl sites for hydroxylation is 1. The van der Waals surface area contributed by atoms with Crippen molar-refractivity contribution in [1.29, 1.82) is 0 Å². The molecule has 1 aromatic carbocycles. The van der Waals surface area contributed by atoms with E-state index in [4.69, 9.17) is 5.73 Å². The topological polar surface area (TPSA) is 46.3 Å². The summed E-state index contributed by atoms with van der Waals surface area (Å²) in [6, 6.07) is 5.73. The first-order chi connectivity index (χ1) is 9.47. The van der Waals surface area contributed by atoms with Crippen molar-refractivity contribution < 1.29 is 4.79 Å². The Morgan fingerprint density at radius 3 is 2.60 bits per heavy atom. The van der Waals surface area contributed by atoms with Crippen LogP contribution < -0.4 is 5.73 Å². The molecule has 0 unspecified atom stereocenters. The molecule has 0 aliphatic rings. The van der Waals surface area contributed by atoms with Gasteiger partial charge in [-0.25, -0.2) is 0 Å². The zero-order valence-corrected chi connectivity index (χ0v) is 12.9. The molecule has 0 aliphatic heterocycles. The number of carbonyl (C=O) groups is 1. The van der Waals surface area contributed by atoms with Gasteiger partial charge >= 0.3 is 0 Å². The Balaban J connectivity index is 3.05. The van der Waals surface area contributed by atoms with Crippen molar-refractivity contribution in [1.82, 2.24) is 4.90 Å². The van der Waals surface area contributed by atoms with Crippen molar-refractivity contribution in [2.45, 2.75) is 27.7 Å². The third-order valence-electron chi connectivity index (χ3n) is 2.91. The fourth-order valence-corrected chi connectivity index (χ4v) is 2.11. The molecule has 0 saturated carbocycles. The van der Waals surface area contributed by atoms with Crippen LogP contribution in [0.5, 0.6) is 0 Å². The van der Waals surface area contributed by atoms with Gasteiger partial charge in [0.1, 0.15) is 0 Å². The number of nitrogens with two attached hydrogens (primary N) is 1. The van der Waals surface area contributed by atoms with Gasteiger partial charge in [0.15, 0.2) is 0 Å². The van der Waals surface area contributed by atoms with Gasteiger partial charge in [0.05, 0.1) is 6.54 Å². The van der Waals surface area contributed by atoms with Gasteiger partial charge in [-0.2, -0.15) is 0 Å². The van der Waals surface area contributed by atoms with Crippen LogP contribution in [0.3, 0.4) is 0 Å². The Labute approximate surface area is 122 Å². The zero-order chi connectivity index (χ0) is 15.1. The van der Waals surface area contributed by atoms with Gasteiger partial charge in [0.2, 0.25) is 0 Å². The lowest BCUT2D eigenvalue weighted by Gasteiger charge is -2.23. The average molecular weight is 272 g/mol. The third-order valence-corrected chi connectivity index (χ3v) is 2.91. The standard InChI is InChI=1S/C17H24N2O/c1-5-19(12-13(2)3)17(20)16-10-14(4)9-15(11-16)7-6-8-18/h9-11,13H,5,8,12,18H2,1-4H3. The largest absolute Gasteiger partial charge is 0.339 e. The van der Waals surface area contributed by atoms with E-state index in [1.165, 1.54) is 0 Å². The second kappa shape index (κ2) is 7.72. The van der Waals surface area contributed by atoms with E-state index in [2.05, 4.69) is 25.7 Å². The highest BCUT2D eigenvalue weighted by molar-refractivity contribution is 5.94. The maximum Gasteiger partial charge on any atom is 0.253 e. The molecule has 0 fully saturated rings. The minimum Gasteiger partial charge on any atom is -0.339 e. The van der Waals surface area contributed by atoms with Crippen molar-refractivity contribution in [3.8, 4) is 11.8 Å². The molecule has 0 aliphatic carbocycles. The summed E-state index contributed by atoms with van der Waals surface area (Å²) in [5.41, 5.74) is 7.98. The van der Waals surface area contributed by atoms with Gasteiger partial charge in [-0.3, -0.25) is 4.79 Å². The predicted octanol–water partition coefficient (Wildman–Crippen LogP) is 2.42. The molecule has 1 amide bonds. The molecule has 0 saturated heterocycles. The lowest BCUT2D eigenvalue weighted by atomic mass is 10.0. The number of hydrogen-bond acceptors (Lipinski definition) is 2. The summed E-state index contributed by atoms with van der Waals surface area (Å²) < 4.78 is 0. The van der Waals surface area contributed by atoms with Crippen LogP contribution in [0.2, 0.25) is 0 Å². The molecule has 108 valence electrons. The van der Waals surface area contributed by atoms with E-state index in [0.29, 0.717) is 18.0 Å². The van der Waals surface area contributed by atoms with Crippen molar-refractivity contribution in [3.05, 3.63) is 34.9 Å².